The summed E-state index contributed by atoms with van der Waals surface area (Å²) >= 11 is 9.81. The SMILES string of the molecule is CC(Cc1ccccc1)(c1cccs1)c1ccc(C(C)(Cc2ccccc2)c2ccc(C(C)(Cc3ccccc3)c3ccc(C(C)(Cc4ccccc4)c4cccs4)s3)s2)s1. The molecule has 306 valence electrons. The second-order valence-electron chi connectivity index (χ2n) is 17.4. The molecule has 0 aliphatic carbocycles. The minimum Gasteiger partial charge on any atom is -0.148 e. The van der Waals surface area contributed by atoms with E-state index in [-0.39, 0.29) is 21.7 Å². The van der Waals surface area contributed by atoms with Crippen LogP contribution >= 0.6 is 56.7 Å². The monoisotopic (exact) mass is 884 g/mol. The highest BCUT2D eigenvalue weighted by atomic mass is 32.1. The van der Waals surface area contributed by atoms with E-state index >= 15 is 0 Å². The molecule has 5 heterocycles. The van der Waals surface area contributed by atoms with Gasteiger partial charge in [0.05, 0.1) is 0 Å². The van der Waals surface area contributed by atoms with Crippen molar-refractivity contribution in [3.63, 3.8) is 0 Å². The zero-order chi connectivity index (χ0) is 41.9. The Morgan fingerprint density at radius 1 is 0.262 bits per heavy atom. The molecule has 0 aliphatic rings. The van der Waals surface area contributed by atoms with E-state index in [1.54, 1.807) is 0 Å². The smallest absolute Gasteiger partial charge is 0.0402 e. The summed E-state index contributed by atoms with van der Waals surface area (Å²) in [5.74, 6) is 0. The van der Waals surface area contributed by atoms with E-state index in [1.165, 1.54) is 61.3 Å². The van der Waals surface area contributed by atoms with Crippen molar-refractivity contribution in [1.29, 1.82) is 0 Å². The van der Waals surface area contributed by atoms with E-state index in [4.69, 9.17) is 0 Å². The maximum absolute atomic E-state index is 2.50. The fourth-order valence-corrected chi connectivity index (χ4v) is 15.2. The summed E-state index contributed by atoms with van der Waals surface area (Å²) in [6, 6.07) is 68.1. The van der Waals surface area contributed by atoms with Crippen LogP contribution in [0.3, 0.4) is 0 Å². The molecule has 9 rings (SSSR count). The Balaban J connectivity index is 1.13. The number of thiophene rings is 5. The lowest BCUT2D eigenvalue weighted by Crippen LogP contribution is -2.26. The van der Waals surface area contributed by atoms with Crippen LogP contribution in [0.15, 0.2) is 193 Å². The average molecular weight is 885 g/mol. The van der Waals surface area contributed by atoms with Gasteiger partial charge in [-0.25, -0.2) is 0 Å². The van der Waals surface area contributed by atoms with Crippen LogP contribution in [-0.4, -0.2) is 0 Å². The second-order valence-corrected chi connectivity index (χ2v) is 22.6. The Labute approximate surface area is 382 Å². The van der Waals surface area contributed by atoms with Crippen molar-refractivity contribution in [1.82, 2.24) is 0 Å². The molecule has 4 unspecified atom stereocenters. The predicted molar refractivity (Wildman–Crippen MR) is 268 cm³/mol. The number of hydrogen-bond acceptors (Lipinski definition) is 5. The van der Waals surface area contributed by atoms with Crippen LogP contribution in [0.1, 0.15) is 89.0 Å². The molecular weight excluding hydrogens is 833 g/mol. The van der Waals surface area contributed by atoms with E-state index in [1.807, 2.05) is 56.7 Å². The van der Waals surface area contributed by atoms with Crippen LogP contribution in [0.4, 0.5) is 0 Å². The van der Waals surface area contributed by atoms with Gasteiger partial charge in [-0.2, -0.15) is 0 Å². The summed E-state index contributed by atoms with van der Waals surface area (Å²) in [5.41, 5.74) is 4.76. The molecule has 4 aromatic carbocycles. The third-order valence-electron chi connectivity index (χ3n) is 12.8. The predicted octanol–water partition coefficient (Wildman–Crippen LogP) is 16.2. The first-order valence-corrected chi connectivity index (χ1v) is 25.4. The molecule has 0 saturated carbocycles. The minimum atomic E-state index is -0.224. The van der Waals surface area contributed by atoms with Gasteiger partial charge in [0, 0.05) is 60.7 Å². The van der Waals surface area contributed by atoms with Crippen molar-refractivity contribution in [3.8, 4) is 0 Å². The van der Waals surface area contributed by atoms with Crippen LogP contribution in [0, 0.1) is 0 Å². The summed E-state index contributed by atoms with van der Waals surface area (Å²) in [4.78, 5) is 11.4. The molecule has 5 heteroatoms. The van der Waals surface area contributed by atoms with Gasteiger partial charge in [0.2, 0.25) is 0 Å². The maximum Gasteiger partial charge on any atom is 0.0402 e. The zero-order valence-corrected chi connectivity index (χ0v) is 39.4. The molecule has 0 spiro atoms. The van der Waals surface area contributed by atoms with E-state index in [9.17, 15) is 0 Å². The Kier molecular flexibility index (Phi) is 12.1. The Morgan fingerprint density at radius 2 is 0.492 bits per heavy atom. The highest BCUT2D eigenvalue weighted by Gasteiger charge is 2.41. The van der Waals surface area contributed by atoms with Crippen molar-refractivity contribution >= 4 is 56.7 Å². The van der Waals surface area contributed by atoms with Crippen molar-refractivity contribution in [2.24, 2.45) is 0 Å². The van der Waals surface area contributed by atoms with Crippen molar-refractivity contribution < 1.29 is 0 Å². The summed E-state index contributed by atoms with van der Waals surface area (Å²) in [5, 5.41) is 4.46. The molecule has 0 saturated heterocycles. The molecule has 0 fully saturated rings. The summed E-state index contributed by atoms with van der Waals surface area (Å²) < 4.78 is 0. The lowest BCUT2D eigenvalue weighted by Gasteiger charge is -2.31. The lowest BCUT2D eigenvalue weighted by molar-refractivity contribution is 0.588. The van der Waals surface area contributed by atoms with Crippen LogP contribution in [-0.2, 0) is 47.3 Å². The quantitative estimate of drug-likeness (QED) is 0.0907. The molecule has 4 atom stereocenters. The normalized spacial score (nSPS) is 15.7. The van der Waals surface area contributed by atoms with Crippen LogP contribution in [0.2, 0.25) is 0 Å². The van der Waals surface area contributed by atoms with Gasteiger partial charge in [-0.1, -0.05) is 133 Å². The lowest BCUT2D eigenvalue weighted by atomic mass is 9.79. The standard InChI is InChI=1S/C56H52S5/c1-53(45-27-17-35-57-45,37-41-19-9-5-10-20-41)47-29-31-49(59-47)55(3,39-43-23-13-7-14-24-43)51-33-34-52(61-51)56(4,40-44-25-15-8-16-26-44)50-32-30-48(60-50)54(2,46-28-18-36-58-46)38-42-21-11-6-12-22-42/h5-36H,37-40H2,1-4H3. The minimum absolute atomic E-state index is 0.129. The molecule has 0 nitrogen and oxygen atoms in total. The molecule has 0 bridgehead atoms. The summed E-state index contributed by atoms with van der Waals surface area (Å²) in [6.45, 7) is 9.90. The van der Waals surface area contributed by atoms with Crippen molar-refractivity contribution in [2.75, 3.05) is 0 Å². The van der Waals surface area contributed by atoms with Gasteiger partial charge in [-0.3, -0.25) is 0 Å². The fourth-order valence-electron chi connectivity index (χ4n) is 9.18. The van der Waals surface area contributed by atoms with Gasteiger partial charge in [0.15, 0.2) is 0 Å². The average Bonchev–Trinajstić information content (AvgIpc) is 4.15. The third kappa shape index (κ3) is 8.48. The topological polar surface area (TPSA) is 0 Å². The van der Waals surface area contributed by atoms with E-state index < -0.39 is 0 Å². The molecule has 0 N–H and O–H groups in total. The van der Waals surface area contributed by atoms with Gasteiger partial charge in [0.1, 0.15) is 0 Å². The van der Waals surface area contributed by atoms with Gasteiger partial charge in [-0.05, 0) is 135 Å². The van der Waals surface area contributed by atoms with Crippen LogP contribution < -0.4 is 0 Å². The molecule has 5 aromatic heterocycles. The van der Waals surface area contributed by atoms with Gasteiger partial charge in [0.25, 0.3) is 0 Å². The van der Waals surface area contributed by atoms with Crippen molar-refractivity contribution in [3.05, 3.63) is 254 Å². The first-order chi connectivity index (χ1) is 29.7. The van der Waals surface area contributed by atoms with Gasteiger partial charge >= 0.3 is 0 Å². The summed E-state index contributed by atoms with van der Waals surface area (Å²) in [6.07, 6.45) is 3.79. The second kappa shape index (κ2) is 17.6. The molecule has 0 radical (unpaired) electrons. The Bertz CT molecular complexity index is 2550. The molecule has 9 aromatic rings. The van der Waals surface area contributed by atoms with Crippen LogP contribution in [0.25, 0.3) is 0 Å². The van der Waals surface area contributed by atoms with Gasteiger partial charge in [-0.15, -0.1) is 56.7 Å². The Hall–Kier alpha value is -4.62. The fraction of sp³-hybridized carbons (Fsp3) is 0.214. The molecule has 0 amide bonds. The Morgan fingerprint density at radius 3 is 0.705 bits per heavy atom. The van der Waals surface area contributed by atoms with E-state index in [2.05, 4.69) is 220 Å². The molecule has 0 aliphatic heterocycles. The largest absolute Gasteiger partial charge is 0.148 e. The highest BCUT2D eigenvalue weighted by molar-refractivity contribution is 7.15. The van der Waals surface area contributed by atoms with Crippen molar-refractivity contribution in [2.45, 2.75) is 75.0 Å². The maximum atomic E-state index is 2.50. The first kappa shape index (κ1) is 41.7. The third-order valence-corrected chi connectivity index (χ3v) is 19.9. The molecular formula is C56H52S5. The highest BCUT2D eigenvalue weighted by Crippen LogP contribution is 2.51. The molecule has 61 heavy (non-hydrogen) atoms. The summed E-state index contributed by atoms with van der Waals surface area (Å²) in [7, 11) is 0. The van der Waals surface area contributed by atoms with Crippen LogP contribution in [0.5, 0.6) is 0 Å². The number of hydrogen-bond donors (Lipinski definition) is 0. The number of benzene rings is 4. The van der Waals surface area contributed by atoms with E-state index in [0.717, 1.165) is 25.7 Å². The first-order valence-electron chi connectivity index (χ1n) is 21.2. The zero-order valence-electron chi connectivity index (χ0n) is 35.3. The van der Waals surface area contributed by atoms with E-state index in [0.29, 0.717) is 0 Å². The number of rotatable bonds is 16. The van der Waals surface area contributed by atoms with Gasteiger partial charge < -0.3 is 0 Å².